The van der Waals surface area contributed by atoms with Crippen LogP contribution in [0.15, 0.2) is 53.4 Å². The van der Waals surface area contributed by atoms with Crippen LogP contribution in [0.1, 0.15) is 12.3 Å². The molecular formula is C17H13N7O2S. The number of rotatable bonds is 6. The molecule has 9 nitrogen and oxygen atoms in total. The lowest BCUT2D eigenvalue weighted by molar-refractivity contribution is -0.116. The third-order valence-corrected chi connectivity index (χ3v) is 4.37. The average molecular weight is 379 g/mol. The number of carbonyl (C=O) groups is 1. The molecule has 0 aliphatic carbocycles. The van der Waals surface area contributed by atoms with Crippen molar-refractivity contribution in [2.45, 2.75) is 12.8 Å². The summed E-state index contributed by atoms with van der Waals surface area (Å²) in [4.78, 5) is 24.6. The Morgan fingerprint density at radius 2 is 2.11 bits per heavy atom. The number of nitrogens with zero attached hydrogens (tertiary/aromatic N) is 6. The van der Waals surface area contributed by atoms with Gasteiger partial charge in [0.25, 0.3) is 0 Å². The van der Waals surface area contributed by atoms with E-state index < -0.39 is 0 Å². The van der Waals surface area contributed by atoms with E-state index in [1.165, 1.54) is 11.3 Å². The molecular weight excluding hydrogens is 366 g/mol. The van der Waals surface area contributed by atoms with Crippen molar-refractivity contribution in [3.8, 4) is 22.1 Å². The van der Waals surface area contributed by atoms with E-state index in [9.17, 15) is 4.79 Å². The predicted molar refractivity (Wildman–Crippen MR) is 97.6 cm³/mol. The molecule has 4 rings (SSSR count). The van der Waals surface area contributed by atoms with Crippen molar-refractivity contribution < 1.29 is 9.32 Å². The first-order valence-corrected chi connectivity index (χ1v) is 8.87. The van der Waals surface area contributed by atoms with Crippen molar-refractivity contribution in [1.29, 1.82) is 0 Å². The van der Waals surface area contributed by atoms with E-state index in [0.717, 1.165) is 5.56 Å². The van der Waals surface area contributed by atoms with Crippen molar-refractivity contribution in [2.75, 3.05) is 5.32 Å². The summed E-state index contributed by atoms with van der Waals surface area (Å²) in [5.41, 5.74) is 1.47. The molecule has 0 atom stereocenters. The number of carbonyl (C=O) groups excluding carboxylic acids is 1. The molecule has 4 aromatic heterocycles. The maximum Gasteiger partial charge on any atom is 0.227 e. The van der Waals surface area contributed by atoms with Gasteiger partial charge in [-0.1, -0.05) is 22.6 Å². The molecule has 0 unspecified atom stereocenters. The van der Waals surface area contributed by atoms with Gasteiger partial charge in [0.1, 0.15) is 5.69 Å². The molecule has 1 amide bonds. The number of hydrogen-bond acceptors (Lipinski definition) is 9. The standard InChI is InChI=1S/C17H13N7O2S/c25-13(20-17-23-22-16(27-17)12-5-1-2-9-19-12)6-7-14-21-15(24-26-14)11-4-3-8-18-10-11/h1-5,8-10H,6-7H2,(H,20,23,25). The van der Waals surface area contributed by atoms with Gasteiger partial charge in [-0.3, -0.25) is 14.8 Å². The van der Waals surface area contributed by atoms with Gasteiger partial charge in [-0.25, -0.2) is 0 Å². The molecule has 10 heteroatoms. The van der Waals surface area contributed by atoms with Crippen LogP contribution < -0.4 is 5.32 Å². The molecule has 1 N–H and O–H groups in total. The molecule has 0 fully saturated rings. The van der Waals surface area contributed by atoms with E-state index in [4.69, 9.17) is 4.52 Å². The first-order valence-electron chi connectivity index (χ1n) is 8.06. The van der Waals surface area contributed by atoms with Crippen LogP contribution in [0, 0.1) is 0 Å². The molecule has 4 heterocycles. The number of amides is 1. The minimum atomic E-state index is -0.208. The lowest BCUT2D eigenvalue weighted by atomic mass is 10.2. The molecule has 0 radical (unpaired) electrons. The Bertz CT molecular complexity index is 1030. The van der Waals surface area contributed by atoms with E-state index >= 15 is 0 Å². The largest absolute Gasteiger partial charge is 0.339 e. The summed E-state index contributed by atoms with van der Waals surface area (Å²) in [6.45, 7) is 0. The zero-order chi connectivity index (χ0) is 18.5. The second-order valence-electron chi connectivity index (χ2n) is 5.43. The molecule has 0 aliphatic heterocycles. The minimum Gasteiger partial charge on any atom is -0.339 e. The maximum atomic E-state index is 12.1. The third kappa shape index (κ3) is 4.18. The summed E-state index contributed by atoms with van der Waals surface area (Å²) >= 11 is 1.26. The molecule has 0 saturated heterocycles. The van der Waals surface area contributed by atoms with Crippen LogP contribution in [0.4, 0.5) is 5.13 Å². The van der Waals surface area contributed by atoms with Crippen LogP contribution in [0.3, 0.4) is 0 Å². The average Bonchev–Trinajstić information content (AvgIpc) is 3.37. The normalized spacial score (nSPS) is 10.7. The Hall–Kier alpha value is -3.53. The molecule has 0 aromatic carbocycles. The first kappa shape index (κ1) is 16.9. The van der Waals surface area contributed by atoms with Crippen LogP contribution in [0.2, 0.25) is 0 Å². The van der Waals surface area contributed by atoms with Gasteiger partial charge in [0.15, 0.2) is 5.01 Å². The Balaban J connectivity index is 1.33. The third-order valence-electron chi connectivity index (χ3n) is 3.51. The summed E-state index contributed by atoms with van der Waals surface area (Å²) in [7, 11) is 0. The summed E-state index contributed by atoms with van der Waals surface area (Å²) in [5.74, 6) is 0.623. The van der Waals surface area contributed by atoms with Crippen LogP contribution in [-0.4, -0.2) is 36.2 Å². The Kier molecular flexibility index (Phi) is 4.88. The van der Waals surface area contributed by atoms with Crippen molar-refractivity contribution in [2.24, 2.45) is 0 Å². The van der Waals surface area contributed by atoms with Crippen molar-refractivity contribution in [3.63, 3.8) is 0 Å². The zero-order valence-electron chi connectivity index (χ0n) is 13.9. The lowest BCUT2D eigenvalue weighted by Crippen LogP contribution is -2.12. The van der Waals surface area contributed by atoms with Gasteiger partial charge in [-0.15, -0.1) is 10.2 Å². The smallest absolute Gasteiger partial charge is 0.227 e. The van der Waals surface area contributed by atoms with Gasteiger partial charge >= 0.3 is 0 Å². The fourth-order valence-corrected chi connectivity index (χ4v) is 2.97. The highest BCUT2D eigenvalue weighted by atomic mass is 32.1. The van der Waals surface area contributed by atoms with E-state index in [1.54, 1.807) is 24.7 Å². The second-order valence-corrected chi connectivity index (χ2v) is 6.41. The highest BCUT2D eigenvalue weighted by Crippen LogP contribution is 2.24. The fraction of sp³-hybridized carbons (Fsp3) is 0.118. The quantitative estimate of drug-likeness (QED) is 0.543. The van der Waals surface area contributed by atoms with E-state index in [-0.39, 0.29) is 12.3 Å². The predicted octanol–water partition coefficient (Wildman–Crippen LogP) is 2.62. The van der Waals surface area contributed by atoms with Gasteiger partial charge < -0.3 is 9.84 Å². The monoisotopic (exact) mass is 379 g/mol. The molecule has 0 aliphatic rings. The van der Waals surface area contributed by atoms with Crippen molar-refractivity contribution in [1.82, 2.24) is 30.3 Å². The minimum absolute atomic E-state index is 0.188. The topological polar surface area (TPSA) is 120 Å². The molecule has 0 saturated carbocycles. The van der Waals surface area contributed by atoms with Gasteiger partial charge in [-0.05, 0) is 24.3 Å². The van der Waals surface area contributed by atoms with Gasteiger partial charge in [-0.2, -0.15) is 4.98 Å². The molecule has 0 spiro atoms. The molecule has 0 bridgehead atoms. The Morgan fingerprint density at radius 1 is 1.15 bits per heavy atom. The first-order chi connectivity index (χ1) is 13.3. The fourth-order valence-electron chi connectivity index (χ4n) is 2.24. The van der Waals surface area contributed by atoms with Crippen LogP contribution >= 0.6 is 11.3 Å². The number of pyridine rings is 2. The highest BCUT2D eigenvalue weighted by Gasteiger charge is 2.13. The molecule has 27 heavy (non-hydrogen) atoms. The number of anilines is 1. The Labute approximate surface area is 157 Å². The number of nitrogens with one attached hydrogen (secondary N) is 1. The SMILES string of the molecule is O=C(CCc1nc(-c2cccnc2)no1)Nc1nnc(-c2ccccn2)s1. The van der Waals surface area contributed by atoms with Crippen LogP contribution in [-0.2, 0) is 11.2 Å². The number of hydrogen-bond donors (Lipinski definition) is 1. The van der Waals surface area contributed by atoms with Crippen molar-refractivity contribution in [3.05, 3.63) is 54.8 Å². The van der Waals surface area contributed by atoms with E-state index in [0.29, 0.717) is 34.0 Å². The van der Waals surface area contributed by atoms with Crippen LogP contribution in [0.25, 0.3) is 22.1 Å². The Morgan fingerprint density at radius 3 is 2.93 bits per heavy atom. The van der Waals surface area contributed by atoms with Gasteiger partial charge in [0, 0.05) is 37.0 Å². The summed E-state index contributed by atoms with van der Waals surface area (Å²) in [6, 6.07) is 9.15. The lowest BCUT2D eigenvalue weighted by Gasteiger charge is -1.98. The summed E-state index contributed by atoms with van der Waals surface area (Å²) < 4.78 is 5.18. The molecule has 4 aromatic rings. The van der Waals surface area contributed by atoms with E-state index in [2.05, 4.69) is 35.6 Å². The summed E-state index contributed by atoms with van der Waals surface area (Å²) in [6.07, 6.45) is 5.51. The highest BCUT2D eigenvalue weighted by molar-refractivity contribution is 7.18. The maximum absolute atomic E-state index is 12.1. The van der Waals surface area contributed by atoms with E-state index in [1.807, 2.05) is 24.3 Å². The summed E-state index contributed by atoms with van der Waals surface area (Å²) in [5, 5.41) is 15.7. The molecule has 134 valence electrons. The van der Waals surface area contributed by atoms with Gasteiger partial charge in [0.05, 0.1) is 0 Å². The van der Waals surface area contributed by atoms with Crippen molar-refractivity contribution >= 4 is 22.4 Å². The number of aryl methyl sites for hydroxylation is 1. The second kappa shape index (κ2) is 7.79. The zero-order valence-corrected chi connectivity index (χ0v) is 14.8. The number of aromatic nitrogens is 6. The van der Waals surface area contributed by atoms with Crippen LogP contribution in [0.5, 0.6) is 0 Å². The van der Waals surface area contributed by atoms with Gasteiger partial charge in [0.2, 0.25) is 22.8 Å².